The van der Waals surface area contributed by atoms with Gasteiger partial charge in [0, 0.05) is 5.56 Å². The molecule has 0 amide bonds. The highest BCUT2D eigenvalue weighted by molar-refractivity contribution is 7.82. The Morgan fingerprint density at radius 3 is 2.38 bits per heavy atom. The molecule has 68 valence electrons. The summed E-state index contributed by atoms with van der Waals surface area (Å²) in [5.74, 6) is 2.36. The van der Waals surface area contributed by atoms with E-state index in [1.807, 2.05) is 0 Å². The Kier molecular flexibility index (Phi) is 2.54. The molecule has 1 aromatic carbocycles. The van der Waals surface area contributed by atoms with Crippen LogP contribution in [0.5, 0.6) is 5.75 Å². The van der Waals surface area contributed by atoms with Crippen LogP contribution in [-0.4, -0.2) is 4.21 Å². The minimum Gasteiger partial charge on any atom is -0.373 e. The molecule has 0 saturated heterocycles. The molecule has 0 bridgehead atoms. The number of halogens is 1. The van der Waals surface area contributed by atoms with E-state index in [1.165, 1.54) is 24.3 Å². The van der Waals surface area contributed by atoms with Gasteiger partial charge in [-0.25, -0.2) is 0 Å². The average molecular weight is 199 g/mol. The molecule has 0 spiro atoms. The highest BCUT2D eigenvalue weighted by Crippen LogP contribution is 2.14. The van der Waals surface area contributed by atoms with E-state index in [0.29, 0.717) is 5.56 Å². The summed E-state index contributed by atoms with van der Waals surface area (Å²) in [5, 5.41) is 0. The lowest BCUT2D eigenvalue weighted by Gasteiger charge is -2.00. The van der Waals surface area contributed by atoms with E-state index in [0.717, 1.165) is 0 Å². The summed E-state index contributed by atoms with van der Waals surface area (Å²) in [4.78, 5) is 0. The number of benzene rings is 1. The predicted molar refractivity (Wildman–Crippen MR) is 47.0 cm³/mol. The van der Waals surface area contributed by atoms with Crippen molar-refractivity contribution in [2.75, 3.05) is 0 Å². The largest absolute Gasteiger partial charge is 0.374 e. The molecular formula is C8H6FNO2S. The van der Waals surface area contributed by atoms with Crippen molar-refractivity contribution >= 4 is 10.4 Å². The Morgan fingerprint density at radius 2 is 2.00 bits per heavy atom. The van der Waals surface area contributed by atoms with Gasteiger partial charge in [0.15, 0.2) is 0 Å². The molecule has 0 aromatic heterocycles. The summed E-state index contributed by atoms with van der Waals surface area (Å²) in [6.07, 6.45) is 5.07. The monoisotopic (exact) mass is 199 g/mol. The fourth-order valence-corrected chi connectivity index (χ4v) is 1.09. The van der Waals surface area contributed by atoms with E-state index in [-0.39, 0.29) is 5.75 Å². The highest BCUT2D eigenvalue weighted by Gasteiger charge is 2.03. The van der Waals surface area contributed by atoms with Crippen LogP contribution < -0.4 is 4.18 Å². The maximum Gasteiger partial charge on any atom is 0.374 e. The molecule has 3 nitrogen and oxygen atoms in total. The standard InChI is InChI=1S/C8H6FNO2S/c1-2-7-3-5-8(6-4-7)12-13(9,10)11/h1,3-6,10H. The maximum absolute atomic E-state index is 12.2. The maximum atomic E-state index is 12.2. The number of terminal acetylenes is 1. The molecule has 0 radical (unpaired) electrons. The molecule has 1 unspecified atom stereocenters. The van der Waals surface area contributed by atoms with Gasteiger partial charge in [-0.3, -0.25) is 0 Å². The van der Waals surface area contributed by atoms with Crippen molar-refractivity contribution in [2.45, 2.75) is 0 Å². The van der Waals surface area contributed by atoms with Crippen molar-refractivity contribution in [3.8, 4) is 18.1 Å². The van der Waals surface area contributed by atoms with Crippen LogP contribution in [0.15, 0.2) is 24.3 Å². The summed E-state index contributed by atoms with van der Waals surface area (Å²) < 4.78 is 33.0. The number of rotatable bonds is 2. The first kappa shape index (κ1) is 9.55. The first-order valence-corrected chi connectivity index (χ1v) is 4.64. The molecule has 0 aliphatic carbocycles. The Balaban J connectivity index is 2.89. The molecule has 0 fully saturated rings. The zero-order chi connectivity index (χ0) is 9.90. The van der Waals surface area contributed by atoms with E-state index in [2.05, 4.69) is 10.1 Å². The van der Waals surface area contributed by atoms with Crippen LogP contribution in [-0.2, 0) is 10.4 Å². The first-order valence-electron chi connectivity index (χ1n) is 3.26. The van der Waals surface area contributed by atoms with Crippen molar-refractivity contribution in [1.82, 2.24) is 0 Å². The van der Waals surface area contributed by atoms with Gasteiger partial charge in [0.2, 0.25) is 0 Å². The lowest BCUT2D eigenvalue weighted by molar-refractivity contribution is 0.501. The molecular weight excluding hydrogens is 193 g/mol. The second-order valence-corrected chi connectivity index (χ2v) is 3.23. The third-order valence-electron chi connectivity index (χ3n) is 1.22. The van der Waals surface area contributed by atoms with Gasteiger partial charge in [-0.15, -0.1) is 6.42 Å². The minimum absolute atomic E-state index is 0.0153. The predicted octanol–water partition coefficient (Wildman–Crippen LogP) is 1.89. The normalized spacial score (nSPS) is 14.2. The quantitative estimate of drug-likeness (QED) is 0.584. The van der Waals surface area contributed by atoms with E-state index in [4.69, 9.17) is 11.2 Å². The first-order chi connectivity index (χ1) is 6.01. The fraction of sp³-hybridized carbons (Fsp3) is 0. The SMILES string of the molecule is C#Cc1ccc(OS(=N)(=O)F)cc1. The second-order valence-electron chi connectivity index (χ2n) is 2.19. The van der Waals surface area contributed by atoms with Gasteiger partial charge in [0.25, 0.3) is 0 Å². The van der Waals surface area contributed by atoms with E-state index >= 15 is 0 Å². The van der Waals surface area contributed by atoms with Crippen molar-refractivity contribution in [1.29, 1.82) is 4.78 Å². The van der Waals surface area contributed by atoms with Crippen molar-refractivity contribution < 1.29 is 12.3 Å². The zero-order valence-corrected chi connectivity index (χ0v) is 7.31. The lowest BCUT2D eigenvalue weighted by Crippen LogP contribution is -1.98. The molecule has 1 N–H and O–H groups in total. The summed E-state index contributed by atoms with van der Waals surface area (Å²) in [6, 6.07) is 5.70. The van der Waals surface area contributed by atoms with E-state index in [9.17, 15) is 8.09 Å². The summed E-state index contributed by atoms with van der Waals surface area (Å²) in [7, 11) is -4.45. The van der Waals surface area contributed by atoms with Crippen LogP contribution in [0.3, 0.4) is 0 Å². The smallest absolute Gasteiger partial charge is 0.373 e. The molecule has 13 heavy (non-hydrogen) atoms. The van der Waals surface area contributed by atoms with Crippen molar-refractivity contribution in [3.63, 3.8) is 0 Å². The minimum atomic E-state index is -4.45. The topological polar surface area (TPSA) is 50.1 Å². The Labute approximate surface area is 76.0 Å². The van der Waals surface area contributed by atoms with Crippen LogP contribution in [0.2, 0.25) is 0 Å². The average Bonchev–Trinajstić information content (AvgIpc) is 2.03. The van der Waals surface area contributed by atoms with Crippen LogP contribution >= 0.6 is 0 Å². The Bertz CT molecular complexity index is 430. The van der Waals surface area contributed by atoms with Gasteiger partial charge in [-0.1, -0.05) is 9.81 Å². The zero-order valence-electron chi connectivity index (χ0n) is 6.49. The molecule has 0 saturated carbocycles. The fourth-order valence-electron chi connectivity index (χ4n) is 0.730. The van der Waals surface area contributed by atoms with E-state index in [1.54, 1.807) is 0 Å². The highest BCUT2D eigenvalue weighted by atomic mass is 32.3. The van der Waals surface area contributed by atoms with Crippen molar-refractivity contribution in [2.24, 2.45) is 0 Å². The second kappa shape index (κ2) is 3.46. The van der Waals surface area contributed by atoms with Crippen LogP contribution in [0.4, 0.5) is 3.89 Å². The molecule has 1 atom stereocenters. The molecule has 0 aliphatic rings. The van der Waals surface area contributed by atoms with Crippen molar-refractivity contribution in [3.05, 3.63) is 29.8 Å². The van der Waals surface area contributed by atoms with Gasteiger partial charge in [0.1, 0.15) is 5.75 Å². The molecule has 5 heteroatoms. The Morgan fingerprint density at radius 1 is 1.46 bits per heavy atom. The van der Waals surface area contributed by atoms with Crippen LogP contribution in [0.25, 0.3) is 0 Å². The lowest BCUT2D eigenvalue weighted by atomic mass is 10.2. The molecule has 1 aromatic rings. The molecule has 1 rings (SSSR count). The van der Waals surface area contributed by atoms with Gasteiger partial charge >= 0.3 is 10.4 Å². The van der Waals surface area contributed by atoms with Crippen LogP contribution in [0.1, 0.15) is 5.56 Å². The van der Waals surface area contributed by atoms with Gasteiger partial charge in [-0.05, 0) is 24.3 Å². The third kappa shape index (κ3) is 3.13. The molecule has 0 heterocycles. The van der Waals surface area contributed by atoms with Gasteiger partial charge in [-0.2, -0.15) is 8.99 Å². The summed E-state index contributed by atoms with van der Waals surface area (Å²) in [5.41, 5.74) is 0.600. The summed E-state index contributed by atoms with van der Waals surface area (Å²) >= 11 is 0. The third-order valence-corrected chi connectivity index (χ3v) is 1.63. The Hall–Kier alpha value is -1.54. The number of hydrogen-bond donors (Lipinski definition) is 1. The number of hydrogen-bond acceptors (Lipinski definition) is 3. The van der Waals surface area contributed by atoms with Gasteiger partial charge in [0.05, 0.1) is 0 Å². The summed E-state index contributed by atoms with van der Waals surface area (Å²) in [6.45, 7) is 0. The number of nitrogens with one attached hydrogen (secondary N) is 1. The van der Waals surface area contributed by atoms with E-state index < -0.39 is 10.4 Å². The molecule has 0 aliphatic heterocycles. The van der Waals surface area contributed by atoms with Crippen LogP contribution in [0, 0.1) is 17.1 Å². The van der Waals surface area contributed by atoms with Gasteiger partial charge < -0.3 is 4.18 Å².